The highest BCUT2D eigenvalue weighted by molar-refractivity contribution is 5.94. The van der Waals surface area contributed by atoms with Gasteiger partial charge in [0, 0.05) is 11.1 Å². The van der Waals surface area contributed by atoms with Crippen molar-refractivity contribution in [3.8, 4) is 17.2 Å². The van der Waals surface area contributed by atoms with Gasteiger partial charge < -0.3 is 18.9 Å². The smallest absolute Gasteiger partial charge is 0.310 e. The van der Waals surface area contributed by atoms with Gasteiger partial charge in [-0.05, 0) is 49.7 Å². The lowest BCUT2D eigenvalue weighted by molar-refractivity contribution is -0.144. The van der Waals surface area contributed by atoms with Crippen molar-refractivity contribution < 1.29 is 28.5 Å². The third kappa shape index (κ3) is 4.78. The topological polar surface area (TPSA) is 71.1 Å². The molecule has 0 radical (unpaired) electrons. The summed E-state index contributed by atoms with van der Waals surface area (Å²) in [6, 6.07) is 10.5. The summed E-state index contributed by atoms with van der Waals surface area (Å²) in [5, 5.41) is 0. The van der Waals surface area contributed by atoms with E-state index < -0.39 is 0 Å². The van der Waals surface area contributed by atoms with Crippen LogP contribution in [0.3, 0.4) is 0 Å². The van der Waals surface area contributed by atoms with Crippen LogP contribution < -0.4 is 14.2 Å². The molecule has 3 rings (SSSR count). The van der Waals surface area contributed by atoms with Gasteiger partial charge in [0.25, 0.3) is 0 Å². The van der Waals surface area contributed by atoms with E-state index in [0.29, 0.717) is 48.2 Å². The zero-order chi connectivity index (χ0) is 19.2. The average molecular weight is 370 g/mol. The first-order valence-corrected chi connectivity index (χ1v) is 8.87. The van der Waals surface area contributed by atoms with E-state index in [2.05, 4.69) is 0 Å². The van der Waals surface area contributed by atoms with E-state index in [-0.39, 0.29) is 24.8 Å². The molecule has 1 heterocycles. The Kier molecular flexibility index (Phi) is 5.96. The van der Waals surface area contributed by atoms with Crippen molar-refractivity contribution in [3.63, 3.8) is 0 Å². The van der Waals surface area contributed by atoms with Gasteiger partial charge >= 0.3 is 5.97 Å². The van der Waals surface area contributed by atoms with Crippen LogP contribution >= 0.6 is 0 Å². The van der Waals surface area contributed by atoms with Crippen LogP contribution in [0.25, 0.3) is 0 Å². The summed E-state index contributed by atoms with van der Waals surface area (Å²) in [4.78, 5) is 23.8. The van der Waals surface area contributed by atoms with Crippen LogP contribution in [0.15, 0.2) is 36.4 Å². The molecule has 142 valence electrons. The predicted octanol–water partition coefficient (Wildman–Crippen LogP) is 3.35. The summed E-state index contributed by atoms with van der Waals surface area (Å²) in [6.45, 7) is 4.91. The van der Waals surface area contributed by atoms with Crippen molar-refractivity contribution in [3.05, 3.63) is 53.1 Å². The largest absolute Gasteiger partial charge is 0.493 e. The maximum Gasteiger partial charge on any atom is 0.310 e. The lowest BCUT2D eigenvalue weighted by Crippen LogP contribution is -2.16. The lowest BCUT2D eigenvalue weighted by Gasteiger charge is -2.18. The molecule has 2 aromatic rings. The van der Waals surface area contributed by atoms with Crippen molar-refractivity contribution in [2.24, 2.45) is 0 Å². The Morgan fingerprint density at radius 3 is 2.56 bits per heavy atom. The van der Waals surface area contributed by atoms with Gasteiger partial charge in [0.05, 0.1) is 13.0 Å². The van der Waals surface area contributed by atoms with Gasteiger partial charge in [0.2, 0.25) is 0 Å². The maximum atomic E-state index is 12.2. The van der Waals surface area contributed by atoms with E-state index in [4.69, 9.17) is 18.9 Å². The van der Waals surface area contributed by atoms with Gasteiger partial charge in [0.1, 0.15) is 25.6 Å². The predicted molar refractivity (Wildman–Crippen MR) is 98.5 cm³/mol. The van der Waals surface area contributed by atoms with E-state index in [9.17, 15) is 9.59 Å². The molecule has 0 unspecified atom stereocenters. The summed E-state index contributed by atoms with van der Waals surface area (Å²) < 4.78 is 21.9. The molecular weight excluding hydrogens is 348 g/mol. The fraction of sp³-hybridized carbons (Fsp3) is 0.333. The Balaban J connectivity index is 1.65. The molecule has 6 heteroatoms. The second kappa shape index (κ2) is 8.58. The number of ether oxygens (including phenoxy) is 4. The van der Waals surface area contributed by atoms with Crippen molar-refractivity contribution in [1.29, 1.82) is 0 Å². The molecule has 0 aliphatic carbocycles. The molecule has 0 spiro atoms. The SMILES string of the molecule is CCOc1ccc(C(C)=O)cc1COC(=O)Cc1ccc2c(c1)OCCO2. The summed E-state index contributed by atoms with van der Waals surface area (Å²) in [5.41, 5.74) is 2.00. The average Bonchev–Trinajstić information content (AvgIpc) is 2.67. The Bertz CT molecular complexity index is 843. The fourth-order valence-corrected chi connectivity index (χ4v) is 2.78. The number of rotatable bonds is 7. The quantitative estimate of drug-likeness (QED) is 0.550. The van der Waals surface area contributed by atoms with Crippen LogP contribution in [0.2, 0.25) is 0 Å². The van der Waals surface area contributed by atoms with Gasteiger partial charge in [-0.2, -0.15) is 0 Å². The van der Waals surface area contributed by atoms with Crippen molar-refractivity contribution in [2.45, 2.75) is 26.9 Å². The van der Waals surface area contributed by atoms with Crippen molar-refractivity contribution >= 4 is 11.8 Å². The van der Waals surface area contributed by atoms with E-state index in [1.807, 2.05) is 13.0 Å². The lowest BCUT2D eigenvalue weighted by atomic mass is 10.1. The number of ketones is 1. The molecule has 1 aliphatic heterocycles. The molecule has 1 aliphatic rings. The van der Waals surface area contributed by atoms with Crippen LogP contribution in [0.1, 0.15) is 35.3 Å². The van der Waals surface area contributed by atoms with E-state index >= 15 is 0 Å². The zero-order valence-electron chi connectivity index (χ0n) is 15.4. The Labute approximate surface area is 158 Å². The molecule has 0 aromatic heterocycles. The van der Waals surface area contributed by atoms with Crippen LogP contribution in [-0.2, 0) is 22.6 Å². The normalized spacial score (nSPS) is 12.4. The van der Waals surface area contributed by atoms with E-state index in [1.165, 1.54) is 6.92 Å². The van der Waals surface area contributed by atoms with Gasteiger partial charge in [-0.15, -0.1) is 0 Å². The monoisotopic (exact) mass is 370 g/mol. The number of fused-ring (bicyclic) bond motifs is 1. The van der Waals surface area contributed by atoms with Gasteiger partial charge in [-0.25, -0.2) is 0 Å². The Hall–Kier alpha value is -3.02. The van der Waals surface area contributed by atoms with Crippen LogP contribution in [-0.4, -0.2) is 31.6 Å². The minimum atomic E-state index is -0.373. The van der Waals surface area contributed by atoms with Crippen LogP contribution in [0.4, 0.5) is 0 Å². The van der Waals surface area contributed by atoms with Crippen molar-refractivity contribution in [1.82, 2.24) is 0 Å². The summed E-state index contributed by atoms with van der Waals surface area (Å²) in [7, 11) is 0. The number of carbonyl (C=O) groups is 2. The fourth-order valence-electron chi connectivity index (χ4n) is 2.78. The molecular formula is C21H22O6. The summed E-state index contributed by atoms with van der Waals surface area (Å²) in [5.74, 6) is 1.50. The van der Waals surface area contributed by atoms with Crippen LogP contribution in [0.5, 0.6) is 17.2 Å². The Morgan fingerprint density at radius 1 is 1.04 bits per heavy atom. The summed E-state index contributed by atoms with van der Waals surface area (Å²) in [6.07, 6.45) is 0.118. The molecule has 0 bridgehead atoms. The minimum absolute atomic E-state index is 0.0415. The highest BCUT2D eigenvalue weighted by Crippen LogP contribution is 2.31. The minimum Gasteiger partial charge on any atom is -0.493 e. The number of Topliss-reactive ketones (excluding diaryl/α,β-unsaturated/α-hetero) is 1. The zero-order valence-corrected chi connectivity index (χ0v) is 15.4. The molecule has 0 N–H and O–H groups in total. The third-order valence-corrected chi connectivity index (χ3v) is 4.11. The number of hydrogen-bond donors (Lipinski definition) is 0. The molecule has 0 atom stereocenters. The molecule has 0 saturated carbocycles. The van der Waals surface area contributed by atoms with Crippen molar-refractivity contribution in [2.75, 3.05) is 19.8 Å². The first-order valence-electron chi connectivity index (χ1n) is 8.87. The van der Waals surface area contributed by atoms with E-state index in [0.717, 1.165) is 5.56 Å². The number of benzene rings is 2. The third-order valence-electron chi connectivity index (χ3n) is 4.11. The first kappa shape index (κ1) is 18.8. The number of carbonyl (C=O) groups excluding carboxylic acids is 2. The van der Waals surface area contributed by atoms with Gasteiger partial charge in [-0.1, -0.05) is 6.07 Å². The molecule has 0 saturated heterocycles. The first-order chi connectivity index (χ1) is 13.1. The molecule has 0 fully saturated rings. The highest BCUT2D eigenvalue weighted by Gasteiger charge is 2.15. The summed E-state index contributed by atoms with van der Waals surface area (Å²) >= 11 is 0. The standard InChI is InChI=1S/C21H22O6/c1-3-24-18-7-5-16(14(2)22)12-17(18)13-27-21(23)11-15-4-6-19-20(10-15)26-9-8-25-19/h4-7,10,12H,3,8-9,11,13H2,1-2H3. The van der Waals surface area contributed by atoms with Gasteiger partial charge in [0.15, 0.2) is 17.3 Å². The number of esters is 1. The highest BCUT2D eigenvalue weighted by atomic mass is 16.6. The van der Waals surface area contributed by atoms with Crippen LogP contribution in [0, 0.1) is 0 Å². The molecule has 6 nitrogen and oxygen atoms in total. The molecule has 27 heavy (non-hydrogen) atoms. The number of hydrogen-bond acceptors (Lipinski definition) is 6. The molecule has 2 aromatic carbocycles. The Morgan fingerprint density at radius 2 is 1.81 bits per heavy atom. The second-order valence-electron chi connectivity index (χ2n) is 6.13. The molecule has 0 amide bonds. The second-order valence-corrected chi connectivity index (χ2v) is 6.13. The van der Waals surface area contributed by atoms with Gasteiger partial charge in [-0.3, -0.25) is 9.59 Å². The van der Waals surface area contributed by atoms with E-state index in [1.54, 1.807) is 30.3 Å². The maximum absolute atomic E-state index is 12.2.